The second-order valence-corrected chi connectivity index (χ2v) is 11.1. The molecule has 0 bridgehead atoms. The van der Waals surface area contributed by atoms with E-state index in [2.05, 4.69) is 45.1 Å². The number of likely N-dealkylation sites (tertiary alicyclic amines) is 1. The largest absolute Gasteiger partial charge is 0.490 e. The van der Waals surface area contributed by atoms with Gasteiger partial charge in [0.2, 0.25) is 5.91 Å². The third kappa shape index (κ3) is 6.40. The molecule has 0 unspecified atom stereocenters. The van der Waals surface area contributed by atoms with Crippen molar-refractivity contribution in [1.82, 2.24) is 10.2 Å². The van der Waals surface area contributed by atoms with E-state index in [1.807, 2.05) is 30.3 Å². The summed E-state index contributed by atoms with van der Waals surface area (Å²) in [5.74, 6) is -0.155. The number of carbonyl (C=O) groups excluding carboxylic acids is 2. The number of rotatable bonds is 8. The van der Waals surface area contributed by atoms with Gasteiger partial charge in [0.1, 0.15) is 0 Å². The van der Waals surface area contributed by atoms with Gasteiger partial charge in [-0.25, -0.2) is 0 Å². The van der Waals surface area contributed by atoms with Crippen molar-refractivity contribution in [1.29, 1.82) is 0 Å². The van der Waals surface area contributed by atoms with E-state index < -0.39 is 4.92 Å². The van der Waals surface area contributed by atoms with Gasteiger partial charge in [-0.05, 0) is 71.5 Å². The summed E-state index contributed by atoms with van der Waals surface area (Å²) in [7, 11) is 1.39. The molecule has 0 aliphatic carbocycles. The van der Waals surface area contributed by atoms with Gasteiger partial charge in [0.05, 0.1) is 41.1 Å². The van der Waals surface area contributed by atoms with Crippen molar-refractivity contribution in [3.63, 3.8) is 0 Å². The Balaban J connectivity index is 1.10. The maximum Gasteiger partial charge on any atom is 0.310 e. The number of piperidine rings is 1. The molecule has 2 amide bonds. The molecule has 2 aliphatic rings. The van der Waals surface area contributed by atoms with Crippen molar-refractivity contribution in [2.45, 2.75) is 31.8 Å². The number of nitrogens with one attached hydrogen (secondary N) is 3. The average Bonchev–Trinajstić information content (AvgIpc) is 3.16. The van der Waals surface area contributed by atoms with Crippen molar-refractivity contribution < 1.29 is 19.2 Å². The lowest BCUT2D eigenvalue weighted by Gasteiger charge is -2.32. The Morgan fingerprint density at radius 3 is 2.41 bits per heavy atom. The summed E-state index contributed by atoms with van der Waals surface area (Å²) in [4.78, 5) is 39.3. The molecule has 4 aromatic carbocycles. The molecule has 224 valence electrons. The first-order chi connectivity index (χ1) is 21.4. The number of hydrogen-bond acceptors (Lipinski definition) is 7. The van der Waals surface area contributed by atoms with Crippen molar-refractivity contribution >= 4 is 34.6 Å². The number of fused-ring (bicyclic) bond motifs is 2. The Kier molecular flexibility index (Phi) is 8.25. The lowest BCUT2D eigenvalue weighted by Crippen LogP contribution is -2.44. The summed E-state index contributed by atoms with van der Waals surface area (Å²) < 4.78 is 5.22. The zero-order chi connectivity index (χ0) is 30.6. The van der Waals surface area contributed by atoms with Gasteiger partial charge in [-0.15, -0.1) is 0 Å². The first-order valence-electron chi connectivity index (χ1n) is 14.6. The van der Waals surface area contributed by atoms with E-state index >= 15 is 0 Å². The quantitative estimate of drug-likeness (QED) is 0.172. The van der Waals surface area contributed by atoms with E-state index in [4.69, 9.17) is 4.74 Å². The van der Waals surface area contributed by atoms with Gasteiger partial charge in [-0.2, -0.15) is 0 Å². The van der Waals surface area contributed by atoms with E-state index in [1.165, 1.54) is 18.7 Å². The highest BCUT2D eigenvalue weighted by molar-refractivity contribution is 6.12. The summed E-state index contributed by atoms with van der Waals surface area (Å²) in [5, 5.41) is 20.8. The second kappa shape index (κ2) is 12.6. The number of methoxy groups -OCH3 is 1. The number of amides is 2. The fourth-order valence-corrected chi connectivity index (χ4v) is 5.82. The van der Waals surface area contributed by atoms with Crippen molar-refractivity contribution in [2.24, 2.45) is 0 Å². The normalized spacial score (nSPS) is 14.8. The average molecular weight is 592 g/mol. The number of nitrogens with zero attached hydrogens (tertiary/aromatic N) is 2. The number of carbonyl (C=O) groups is 2. The Labute approximate surface area is 255 Å². The predicted molar refractivity (Wildman–Crippen MR) is 169 cm³/mol. The van der Waals surface area contributed by atoms with Crippen LogP contribution in [0.1, 0.15) is 34.3 Å². The van der Waals surface area contributed by atoms with E-state index in [-0.39, 0.29) is 35.7 Å². The lowest BCUT2D eigenvalue weighted by molar-refractivity contribution is -0.385. The molecule has 10 heteroatoms. The molecule has 3 N–H and O–H groups in total. The van der Waals surface area contributed by atoms with Crippen molar-refractivity contribution in [3.05, 3.63) is 112 Å². The van der Waals surface area contributed by atoms with Crippen LogP contribution in [-0.2, 0) is 17.8 Å². The summed E-state index contributed by atoms with van der Waals surface area (Å²) in [6.07, 6.45) is 2.04. The zero-order valence-corrected chi connectivity index (χ0v) is 24.3. The number of anilines is 3. The summed E-state index contributed by atoms with van der Waals surface area (Å²) >= 11 is 0. The standard InChI is InChI=1S/C34H33N5O5/c1-44-32-20-25(9-12-31(32)39(42)43)24-8-10-27-29(19-24)36-28-11-7-23(17-30(28)37-34(27)41)18-33(40)35-26-13-15-38(16-14-26)21-22-5-3-2-4-6-22/h2-12,17,19-20,26,36H,13-16,18,21H2,1H3,(H,35,40)(H,37,41). The first kappa shape index (κ1) is 28.9. The smallest absolute Gasteiger partial charge is 0.310 e. The van der Waals surface area contributed by atoms with Crippen LogP contribution in [0, 0.1) is 10.1 Å². The molecule has 6 rings (SSSR count). The van der Waals surface area contributed by atoms with E-state index in [0.717, 1.165) is 43.6 Å². The molecule has 1 fully saturated rings. The van der Waals surface area contributed by atoms with Crippen LogP contribution in [0.5, 0.6) is 5.75 Å². The number of benzene rings is 4. The maximum absolute atomic E-state index is 13.1. The fourth-order valence-electron chi connectivity index (χ4n) is 5.82. The molecule has 0 aromatic heterocycles. The molecule has 4 aromatic rings. The Morgan fingerprint density at radius 1 is 0.909 bits per heavy atom. The van der Waals surface area contributed by atoms with Crippen LogP contribution in [0.2, 0.25) is 0 Å². The monoisotopic (exact) mass is 591 g/mol. The third-order valence-corrected chi connectivity index (χ3v) is 8.14. The van der Waals surface area contributed by atoms with Crippen LogP contribution in [0.4, 0.5) is 22.7 Å². The topological polar surface area (TPSA) is 126 Å². The molecule has 1 saturated heterocycles. The molecule has 0 spiro atoms. The highest BCUT2D eigenvalue weighted by Gasteiger charge is 2.23. The van der Waals surface area contributed by atoms with Gasteiger partial charge in [0, 0.05) is 31.7 Å². The molecule has 2 aliphatic heterocycles. The highest BCUT2D eigenvalue weighted by atomic mass is 16.6. The number of nitro groups is 1. The SMILES string of the molecule is COc1cc(-c2ccc3c(c2)Nc2ccc(CC(=O)NC4CCN(Cc5ccccc5)CC4)cc2NC3=O)ccc1[N+](=O)[O-]. The van der Waals surface area contributed by atoms with Crippen molar-refractivity contribution in [3.8, 4) is 16.9 Å². The van der Waals surface area contributed by atoms with Crippen LogP contribution < -0.4 is 20.7 Å². The van der Waals surface area contributed by atoms with Crippen LogP contribution in [-0.4, -0.2) is 47.9 Å². The van der Waals surface area contributed by atoms with E-state index in [0.29, 0.717) is 28.2 Å². The summed E-state index contributed by atoms with van der Waals surface area (Å²) in [5.41, 5.74) is 5.80. The van der Waals surface area contributed by atoms with Crippen LogP contribution in [0.15, 0.2) is 84.9 Å². The minimum Gasteiger partial charge on any atom is -0.490 e. The zero-order valence-electron chi connectivity index (χ0n) is 24.3. The van der Waals surface area contributed by atoms with Crippen molar-refractivity contribution in [2.75, 3.05) is 30.8 Å². The van der Waals surface area contributed by atoms with Gasteiger partial charge < -0.3 is 20.7 Å². The minimum atomic E-state index is -0.489. The number of hydrogen-bond donors (Lipinski definition) is 3. The Hall–Kier alpha value is -5.22. The Bertz CT molecular complexity index is 1720. The van der Waals surface area contributed by atoms with Crippen LogP contribution in [0.3, 0.4) is 0 Å². The molecule has 0 saturated carbocycles. The number of nitro benzene ring substituents is 1. The van der Waals surface area contributed by atoms with Gasteiger partial charge in [0.25, 0.3) is 5.91 Å². The van der Waals surface area contributed by atoms with Gasteiger partial charge >= 0.3 is 5.69 Å². The highest BCUT2D eigenvalue weighted by Crippen LogP contribution is 2.37. The molecule has 10 nitrogen and oxygen atoms in total. The van der Waals surface area contributed by atoms with Gasteiger partial charge in [-0.1, -0.05) is 42.5 Å². The predicted octanol–water partition coefficient (Wildman–Crippen LogP) is 5.90. The molecule has 44 heavy (non-hydrogen) atoms. The van der Waals surface area contributed by atoms with Crippen LogP contribution >= 0.6 is 0 Å². The summed E-state index contributed by atoms with van der Waals surface area (Å²) in [6, 6.07) is 26.1. The third-order valence-electron chi connectivity index (χ3n) is 8.14. The van der Waals surface area contributed by atoms with E-state index in [9.17, 15) is 19.7 Å². The van der Waals surface area contributed by atoms with E-state index in [1.54, 1.807) is 24.3 Å². The summed E-state index contributed by atoms with van der Waals surface area (Å²) in [6.45, 7) is 2.81. The molecule has 0 radical (unpaired) electrons. The number of ether oxygens (including phenoxy) is 1. The van der Waals surface area contributed by atoms with Crippen LogP contribution in [0.25, 0.3) is 11.1 Å². The molecule has 0 atom stereocenters. The minimum absolute atomic E-state index is 0.0363. The molecular weight excluding hydrogens is 558 g/mol. The molecular formula is C34H33N5O5. The first-order valence-corrected chi connectivity index (χ1v) is 14.6. The maximum atomic E-state index is 13.1. The second-order valence-electron chi connectivity index (χ2n) is 11.1. The Morgan fingerprint density at radius 2 is 1.66 bits per heavy atom. The lowest BCUT2D eigenvalue weighted by atomic mass is 10.0. The van der Waals surface area contributed by atoms with Gasteiger partial charge in [-0.3, -0.25) is 24.6 Å². The van der Waals surface area contributed by atoms with Gasteiger partial charge in [0.15, 0.2) is 5.75 Å². The molecule has 2 heterocycles. The fraction of sp³-hybridized carbons (Fsp3) is 0.235.